The van der Waals surface area contributed by atoms with Crippen LogP contribution in [0.2, 0.25) is 0 Å². The first-order chi connectivity index (χ1) is 37.0. The van der Waals surface area contributed by atoms with Crippen molar-refractivity contribution in [1.29, 1.82) is 0 Å². The Morgan fingerprint density at radius 2 is 0.533 bits per heavy atom. The molecule has 0 radical (unpaired) electrons. The van der Waals surface area contributed by atoms with Crippen molar-refractivity contribution in [1.82, 2.24) is 0 Å². The van der Waals surface area contributed by atoms with Gasteiger partial charge in [-0.2, -0.15) is 0 Å². The third-order valence-electron chi connectivity index (χ3n) is 14.2. The van der Waals surface area contributed by atoms with Crippen molar-refractivity contribution in [2.75, 3.05) is 13.2 Å². The van der Waals surface area contributed by atoms with Gasteiger partial charge in [0.25, 0.3) is 0 Å². The lowest BCUT2D eigenvalue weighted by atomic mass is 10.0. The fourth-order valence-corrected chi connectivity index (χ4v) is 9.34. The summed E-state index contributed by atoms with van der Waals surface area (Å²) < 4.78 is 16.9. The number of carbonyl (C=O) groups excluding carboxylic acids is 3. The van der Waals surface area contributed by atoms with Crippen molar-refractivity contribution >= 4 is 17.9 Å². The zero-order valence-corrected chi connectivity index (χ0v) is 49.8. The lowest BCUT2D eigenvalue weighted by molar-refractivity contribution is -0.167. The summed E-state index contributed by atoms with van der Waals surface area (Å²) in [7, 11) is 0. The molecule has 1 atom stereocenters. The van der Waals surface area contributed by atoms with E-state index in [1.807, 2.05) is 0 Å². The van der Waals surface area contributed by atoms with Crippen molar-refractivity contribution in [2.24, 2.45) is 0 Å². The maximum absolute atomic E-state index is 12.9. The second-order valence-corrected chi connectivity index (χ2v) is 21.6. The zero-order chi connectivity index (χ0) is 54.3. The van der Waals surface area contributed by atoms with Crippen LogP contribution >= 0.6 is 0 Å². The molecule has 1 unspecified atom stereocenters. The highest BCUT2D eigenvalue weighted by Gasteiger charge is 2.19. The van der Waals surface area contributed by atoms with Crippen LogP contribution < -0.4 is 0 Å². The minimum atomic E-state index is -0.786. The van der Waals surface area contributed by atoms with E-state index in [0.29, 0.717) is 19.3 Å². The Labute approximate surface area is 465 Å². The number of carbonyl (C=O) groups is 3. The number of ether oxygens (including phenoxy) is 3. The topological polar surface area (TPSA) is 78.9 Å². The predicted molar refractivity (Wildman–Crippen MR) is 325 cm³/mol. The van der Waals surface area contributed by atoms with Crippen LogP contribution in [0.15, 0.2) is 72.9 Å². The Bertz CT molecular complexity index is 1390. The summed E-state index contributed by atoms with van der Waals surface area (Å²) >= 11 is 0. The number of hydrogen-bond acceptors (Lipinski definition) is 6. The van der Waals surface area contributed by atoms with Gasteiger partial charge in [-0.1, -0.05) is 299 Å². The van der Waals surface area contributed by atoms with E-state index in [-0.39, 0.29) is 31.1 Å². The highest BCUT2D eigenvalue weighted by Crippen LogP contribution is 2.17. The first-order valence-electron chi connectivity index (χ1n) is 32.4. The normalized spacial score (nSPS) is 12.5. The Morgan fingerprint density at radius 3 is 0.853 bits per heavy atom. The molecule has 0 heterocycles. The molecule has 6 nitrogen and oxygen atoms in total. The van der Waals surface area contributed by atoms with Crippen LogP contribution in [0, 0.1) is 0 Å². The van der Waals surface area contributed by atoms with Gasteiger partial charge in [-0.25, -0.2) is 0 Å². The average molecular weight is 1050 g/mol. The van der Waals surface area contributed by atoms with Gasteiger partial charge < -0.3 is 14.2 Å². The van der Waals surface area contributed by atoms with Crippen molar-refractivity contribution in [3.05, 3.63) is 72.9 Å². The smallest absolute Gasteiger partial charge is 0.306 e. The maximum Gasteiger partial charge on any atom is 0.306 e. The lowest BCUT2D eigenvalue weighted by Crippen LogP contribution is -2.30. The summed E-state index contributed by atoms with van der Waals surface area (Å²) in [6.45, 7) is 6.52. The molecule has 0 aliphatic rings. The van der Waals surface area contributed by atoms with E-state index in [1.165, 1.54) is 180 Å². The Morgan fingerprint density at radius 1 is 0.280 bits per heavy atom. The van der Waals surface area contributed by atoms with Crippen LogP contribution in [0.1, 0.15) is 329 Å². The summed E-state index contributed by atoms with van der Waals surface area (Å²) in [6.07, 6.45) is 81.9. The zero-order valence-electron chi connectivity index (χ0n) is 49.8. The monoisotopic (exact) mass is 1050 g/mol. The first-order valence-corrected chi connectivity index (χ1v) is 32.4. The minimum Gasteiger partial charge on any atom is -0.462 e. The van der Waals surface area contributed by atoms with E-state index < -0.39 is 6.10 Å². The van der Waals surface area contributed by atoms with E-state index in [4.69, 9.17) is 14.2 Å². The lowest BCUT2D eigenvalue weighted by Gasteiger charge is -2.18. The number of esters is 3. The molecule has 0 saturated carbocycles. The van der Waals surface area contributed by atoms with Gasteiger partial charge in [-0.05, 0) is 83.5 Å². The molecule has 6 heteroatoms. The third-order valence-corrected chi connectivity index (χ3v) is 14.2. The number of hydrogen-bond donors (Lipinski definition) is 0. The SMILES string of the molecule is CC/C=C\C/C=C\C/C=C\C/C=C\CCCCCCCCCCC(=O)OC(COC(=O)CCCCCCC/C=C\C/C=C\CCCC)COC(=O)CCCCCCCCCCCCCCCCCCCCCCCC. The number of rotatable bonds is 59. The number of unbranched alkanes of at least 4 members (excludes halogenated alkanes) is 36. The van der Waals surface area contributed by atoms with Crippen LogP contribution in [0.25, 0.3) is 0 Å². The molecule has 0 spiro atoms. The van der Waals surface area contributed by atoms with Gasteiger partial charge >= 0.3 is 17.9 Å². The average Bonchev–Trinajstić information content (AvgIpc) is 3.41. The molecule has 0 aromatic carbocycles. The maximum atomic E-state index is 12.9. The van der Waals surface area contributed by atoms with Gasteiger partial charge in [-0.3, -0.25) is 14.4 Å². The summed E-state index contributed by atoms with van der Waals surface area (Å²) in [6, 6.07) is 0. The molecule has 0 saturated heterocycles. The summed E-state index contributed by atoms with van der Waals surface area (Å²) in [5.41, 5.74) is 0. The van der Waals surface area contributed by atoms with Crippen molar-refractivity contribution < 1.29 is 28.6 Å². The Hall–Kier alpha value is -3.15. The fraction of sp³-hybridized carbons (Fsp3) is 0.783. The molecule has 0 N–H and O–H groups in total. The second-order valence-electron chi connectivity index (χ2n) is 21.6. The molecule has 0 fully saturated rings. The van der Waals surface area contributed by atoms with Gasteiger partial charge in [0.05, 0.1) is 0 Å². The van der Waals surface area contributed by atoms with E-state index >= 15 is 0 Å². The summed E-state index contributed by atoms with van der Waals surface area (Å²) in [5, 5.41) is 0. The fourth-order valence-electron chi connectivity index (χ4n) is 9.34. The second kappa shape index (κ2) is 63.4. The van der Waals surface area contributed by atoms with Crippen LogP contribution in [0.4, 0.5) is 0 Å². The summed E-state index contributed by atoms with van der Waals surface area (Å²) in [4.78, 5) is 38.3. The molecule has 0 bridgehead atoms. The predicted octanol–water partition coefficient (Wildman–Crippen LogP) is 22.1. The molecule has 0 aliphatic carbocycles. The van der Waals surface area contributed by atoms with E-state index in [1.54, 1.807) is 0 Å². The van der Waals surface area contributed by atoms with Crippen molar-refractivity contribution in [3.8, 4) is 0 Å². The molecular formula is C69H122O6. The Balaban J connectivity index is 4.33. The molecular weight excluding hydrogens is 925 g/mol. The van der Waals surface area contributed by atoms with Crippen molar-refractivity contribution in [3.63, 3.8) is 0 Å². The van der Waals surface area contributed by atoms with Gasteiger partial charge in [0.2, 0.25) is 0 Å². The van der Waals surface area contributed by atoms with Crippen LogP contribution in [0.3, 0.4) is 0 Å². The van der Waals surface area contributed by atoms with Crippen LogP contribution in [0.5, 0.6) is 0 Å². The van der Waals surface area contributed by atoms with Gasteiger partial charge in [0, 0.05) is 19.3 Å². The van der Waals surface area contributed by atoms with E-state index in [2.05, 4.69) is 93.7 Å². The highest BCUT2D eigenvalue weighted by molar-refractivity contribution is 5.71. The molecule has 0 amide bonds. The van der Waals surface area contributed by atoms with Gasteiger partial charge in [0.1, 0.15) is 13.2 Å². The molecule has 0 aromatic heterocycles. The Kier molecular flexibility index (Phi) is 60.7. The first kappa shape index (κ1) is 71.8. The van der Waals surface area contributed by atoms with Crippen LogP contribution in [-0.2, 0) is 28.6 Å². The molecule has 0 aliphatic heterocycles. The molecule has 75 heavy (non-hydrogen) atoms. The third kappa shape index (κ3) is 61.6. The van der Waals surface area contributed by atoms with Gasteiger partial charge in [0.15, 0.2) is 6.10 Å². The largest absolute Gasteiger partial charge is 0.462 e. The van der Waals surface area contributed by atoms with Crippen LogP contribution in [-0.4, -0.2) is 37.2 Å². The van der Waals surface area contributed by atoms with E-state index in [0.717, 1.165) is 109 Å². The van der Waals surface area contributed by atoms with E-state index in [9.17, 15) is 14.4 Å². The standard InChI is InChI=1S/C69H122O6/c1-4-7-10-13-16-19-22-25-28-30-32-34-36-37-39-41-44-47-50-53-56-59-62-68(71)74-65-66(64-73-67(70)61-58-55-52-49-46-43-27-24-21-18-15-12-9-6-3)75-69(72)63-60-57-54-51-48-45-42-40-38-35-33-31-29-26-23-20-17-14-11-8-5-2/h8,11,15,17-18,20,24,26-27,29,33,35,66H,4-7,9-10,12-14,16,19,21-23,25,28,30-32,34,36-65H2,1-3H3/b11-8-,18-15-,20-17-,27-24-,29-26-,35-33-. The quantitative estimate of drug-likeness (QED) is 0.0261. The van der Waals surface area contributed by atoms with Gasteiger partial charge in [-0.15, -0.1) is 0 Å². The molecule has 0 aromatic rings. The molecule has 434 valence electrons. The highest BCUT2D eigenvalue weighted by atomic mass is 16.6. The molecule has 0 rings (SSSR count). The minimum absolute atomic E-state index is 0.0803. The van der Waals surface area contributed by atoms with Crippen molar-refractivity contribution in [2.45, 2.75) is 335 Å². The number of allylic oxidation sites excluding steroid dienone is 12. The summed E-state index contributed by atoms with van der Waals surface area (Å²) in [5.74, 6) is -0.886.